The summed E-state index contributed by atoms with van der Waals surface area (Å²) in [5.74, 6) is 1.03. The van der Waals surface area contributed by atoms with E-state index >= 15 is 0 Å². The van der Waals surface area contributed by atoms with E-state index < -0.39 is 0 Å². The van der Waals surface area contributed by atoms with Gasteiger partial charge in [0, 0.05) is 5.38 Å². The second-order valence-corrected chi connectivity index (χ2v) is 6.12. The second kappa shape index (κ2) is 3.81. The van der Waals surface area contributed by atoms with Crippen molar-refractivity contribution in [3.05, 3.63) is 0 Å². The van der Waals surface area contributed by atoms with Gasteiger partial charge in [0.05, 0.1) is 0 Å². The predicted molar refractivity (Wildman–Crippen MR) is 58.2 cm³/mol. The number of rotatable bonds is 2. The SMILES string of the molecule is CC1(CC2CCCC2)CCC(Cl)C1. The van der Waals surface area contributed by atoms with Crippen molar-refractivity contribution in [3.8, 4) is 0 Å². The molecule has 0 radical (unpaired) electrons. The topological polar surface area (TPSA) is 0 Å². The van der Waals surface area contributed by atoms with Crippen molar-refractivity contribution >= 4 is 11.6 Å². The lowest BCUT2D eigenvalue weighted by Crippen LogP contribution is -2.16. The molecule has 2 atom stereocenters. The van der Waals surface area contributed by atoms with Gasteiger partial charge in [-0.05, 0) is 37.0 Å². The van der Waals surface area contributed by atoms with Gasteiger partial charge in [-0.3, -0.25) is 0 Å². The third kappa shape index (κ3) is 2.40. The fourth-order valence-electron chi connectivity index (χ4n) is 3.34. The molecule has 2 aliphatic rings. The minimum atomic E-state index is 0.478. The largest absolute Gasteiger partial charge is 0.123 e. The summed E-state index contributed by atoms with van der Waals surface area (Å²) in [6.07, 6.45) is 11.3. The highest BCUT2D eigenvalue weighted by Gasteiger charge is 2.36. The van der Waals surface area contributed by atoms with Crippen LogP contribution in [0.3, 0.4) is 0 Å². The van der Waals surface area contributed by atoms with E-state index in [1.807, 2.05) is 0 Å². The molecule has 0 aromatic carbocycles. The molecule has 0 spiro atoms. The Labute approximate surface area is 87.0 Å². The molecule has 0 N–H and O–H groups in total. The number of hydrogen-bond acceptors (Lipinski definition) is 0. The number of alkyl halides is 1. The average molecular weight is 201 g/mol. The molecular weight excluding hydrogens is 180 g/mol. The van der Waals surface area contributed by atoms with E-state index in [4.69, 9.17) is 11.6 Å². The summed E-state index contributed by atoms with van der Waals surface area (Å²) in [4.78, 5) is 0. The normalized spacial score (nSPS) is 41.5. The summed E-state index contributed by atoms with van der Waals surface area (Å²) >= 11 is 6.18. The number of halogens is 1. The minimum Gasteiger partial charge on any atom is -0.123 e. The zero-order valence-corrected chi connectivity index (χ0v) is 9.45. The van der Waals surface area contributed by atoms with Crippen LogP contribution in [0, 0.1) is 11.3 Å². The van der Waals surface area contributed by atoms with Gasteiger partial charge in [0.15, 0.2) is 0 Å². The van der Waals surface area contributed by atoms with E-state index in [0.29, 0.717) is 10.8 Å². The highest BCUT2D eigenvalue weighted by atomic mass is 35.5. The fraction of sp³-hybridized carbons (Fsp3) is 1.00. The Bertz CT molecular complexity index is 172. The van der Waals surface area contributed by atoms with Crippen molar-refractivity contribution in [3.63, 3.8) is 0 Å². The summed E-state index contributed by atoms with van der Waals surface area (Å²) in [5, 5.41) is 0.478. The van der Waals surface area contributed by atoms with Crippen molar-refractivity contribution in [2.24, 2.45) is 11.3 Å². The van der Waals surface area contributed by atoms with Gasteiger partial charge in [-0.1, -0.05) is 32.6 Å². The Balaban J connectivity index is 1.85. The second-order valence-electron chi connectivity index (χ2n) is 5.51. The summed E-state index contributed by atoms with van der Waals surface area (Å²) < 4.78 is 0. The molecule has 0 heterocycles. The van der Waals surface area contributed by atoms with Crippen LogP contribution in [0.5, 0.6) is 0 Å². The van der Waals surface area contributed by atoms with Crippen LogP contribution in [0.25, 0.3) is 0 Å². The summed E-state index contributed by atoms with van der Waals surface area (Å²) in [6, 6.07) is 0. The van der Waals surface area contributed by atoms with E-state index in [1.165, 1.54) is 51.4 Å². The molecule has 0 nitrogen and oxygen atoms in total. The van der Waals surface area contributed by atoms with Gasteiger partial charge in [0.2, 0.25) is 0 Å². The lowest BCUT2D eigenvalue weighted by atomic mass is 9.79. The molecule has 0 amide bonds. The minimum absolute atomic E-state index is 0.478. The predicted octanol–water partition coefficient (Wildman–Crippen LogP) is 4.36. The summed E-state index contributed by atoms with van der Waals surface area (Å²) in [7, 11) is 0. The van der Waals surface area contributed by atoms with Gasteiger partial charge < -0.3 is 0 Å². The highest BCUT2D eigenvalue weighted by Crippen LogP contribution is 2.47. The Morgan fingerprint density at radius 1 is 1.23 bits per heavy atom. The van der Waals surface area contributed by atoms with Crippen molar-refractivity contribution < 1.29 is 0 Å². The Kier molecular flexibility index (Phi) is 2.88. The Morgan fingerprint density at radius 3 is 2.46 bits per heavy atom. The van der Waals surface area contributed by atoms with E-state index in [2.05, 4.69) is 6.92 Å². The van der Waals surface area contributed by atoms with E-state index in [9.17, 15) is 0 Å². The van der Waals surface area contributed by atoms with Crippen LogP contribution in [0.4, 0.5) is 0 Å². The van der Waals surface area contributed by atoms with Gasteiger partial charge in [0.1, 0.15) is 0 Å². The third-order valence-corrected chi connectivity index (χ3v) is 4.40. The van der Waals surface area contributed by atoms with Gasteiger partial charge in [-0.2, -0.15) is 0 Å². The molecule has 0 saturated heterocycles. The van der Waals surface area contributed by atoms with Crippen molar-refractivity contribution in [2.75, 3.05) is 0 Å². The zero-order chi connectivity index (χ0) is 9.31. The molecule has 76 valence electrons. The first-order chi connectivity index (χ1) is 6.18. The maximum absolute atomic E-state index is 6.18. The highest BCUT2D eigenvalue weighted by molar-refractivity contribution is 6.20. The summed E-state index contributed by atoms with van der Waals surface area (Å²) in [6.45, 7) is 2.45. The third-order valence-electron chi connectivity index (χ3n) is 4.03. The average Bonchev–Trinajstić information content (AvgIpc) is 2.62. The number of hydrogen-bond donors (Lipinski definition) is 0. The van der Waals surface area contributed by atoms with Crippen molar-refractivity contribution in [2.45, 2.75) is 63.7 Å². The van der Waals surface area contributed by atoms with Crippen LogP contribution >= 0.6 is 11.6 Å². The fourth-order valence-corrected chi connectivity index (χ4v) is 3.82. The van der Waals surface area contributed by atoms with Crippen LogP contribution in [-0.4, -0.2) is 5.38 Å². The van der Waals surface area contributed by atoms with Crippen LogP contribution in [0.1, 0.15) is 58.3 Å². The van der Waals surface area contributed by atoms with Crippen molar-refractivity contribution in [1.29, 1.82) is 0 Å². The first-order valence-electron chi connectivity index (χ1n) is 5.82. The van der Waals surface area contributed by atoms with E-state index in [-0.39, 0.29) is 0 Å². The summed E-state index contributed by atoms with van der Waals surface area (Å²) in [5.41, 5.74) is 0.599. The Hall–Kier alpha value is 0.290. The molecule has 2 aliphatic carbocycles. The lowest BCUT2D eigenvalue weighted by molar-refractivity contribution is 0.248. The molecular formula is C12H21Cl. The molecule has 2 saturated carbocycles. The lowest BCUT2D eigenvalue weighted by Gasteiger charge is -2.27. The van der Waals surface area contributed by atoms with Crippen LogP contribution < -0.4 is 0 Å². The van der Waals surface area contributed by atoms with Gasteiger partial charge in [-0.25, -0.2) is 0 Å². The molecule has 2 rings (SSSR count). The molecule has 0 aromatic heterocycles. The van der Waals surface area contributed by atoms with Crippen molar-refractivity contribution in [1.82, 2.24) is 0 Å². The van der Waals surface area contributed by atoms with Gasteiger partial charge >= 0.3 is 0 Å². The standard InChI is InChI=1S/C12H21Cl/c1-12(7-6-11(13)9-12)8-10-4-2-3-5-10/h10-11H,2-9H2,1H3. The molecule has 13 heavy (non-hydrogen) atoms. The maximum atomic E-state index is 6.18. The zero-order valence-electron chi connectivity index (χ0n) is 8.69. The van der Waals surface area contributed by atoms with Crippen LogP contribution in [0.15, 0.2) is 0 Å². The molecule has 1 heteroatoms. The maximum Gasteiger partial charge on any atom is 0.0341 e. The smallest absolute Gasteiger partial charge is 0.0341 e. The van der Waals surface area contributed by atoms with Gasteiger partial charge in [-0.15, -0.1) is 11.6 Å². The Morgan fingerprint density at radius 2 is 1.92 bits per heavy atom. The van der Waals surface area contributed by atoms with Gasteiger partial charge in [0.25, 0.3) is 0 Å². The first kappa shape index (κ1) is 9.83. The molecule has 0 aliphatic heterocycles. The van der Waals surface area contributed by atoms with E-state index in [1.54, 1.807) is 0 Å². The van der Waals surface area contributed by atoms with E-state index in [0.717, 1.165) is 5.92 Å². The van der Waals surface area contributed by atoms with Crippen LogP contribution in [-0.2, 0) is 0 Å². The molecule has 2 fully saturated rings. The quantitative estimate of drug-likeness (QED) is 0.581. The molecule has 2 unspecified atom stereocenters. The monoisotopic (exact) mass is 200 g/mol. The molecule has 0 aromatic rings. The van der Waals surface area contributed by atoms with Crippen LogP contribution in [0.2, 0.25) is 0 Å². The first-order valence-corrected chi connectivity index (χ1v) is 6.26. The molecule has 0 bridgehead atoms.